The largest absolute Gasteiger partial charge is 0.396 e. The van der Waals surface area contributed by atoms with E-state index in [0.717, 1.165) is 17.3 Å². The summed E-state index contributed by atoms with van der Waals surface area (Å²) in [6, 6.07) is 8.75. The van der Waals surface area contributed by atoms with Crippen molar-refractivity contribution in [3.63, 3.8) is 0 Å². The quantitative estimate of drug-likeness (QED) is 0.919. The van der Waals surface area contributed by atoms with Crippen LogP contribution in [-0.2, 0) is 0 Å². The normalized spacial score (nSPS) is 19.8. The number of rotatable bonds is 4. The van der Waals surface area contributed by atoms with Crippen LogP contribution in [0, 0.1) is 5.41 Å². The lowest BCUT2D eigenvalue weighted by Crippen LogP contribution is -2.30. The first-order chi connectivity index (χ1) is 7.59. The topological polar surface area (TPSA) is 23.5 Å². The van der Waals surface area contributed by atoms with E-state index in [1.165, 1.54) is 5.56 Å². The smallest absolute Gasteiger partial charge is 0.0505 e. The van der Waals surface area contributed by atoms with E-state index in [-0.39, 0.29) is 12.0 Å². The zero-order chi connectivity index (χ0) is 11.8. The van der Waals surface area contributed by atoms with Gasteiger partial charge in [0.05, 0.1) is 6.61 Å². The van der Waals surface area contributed by atoms with E-state index in [1.807, 2.05) is 0 Å². The van der Waals surface area contributed by atoms with Crippen molar-refractivity contribution < 1.29 is 5.11 Å². The molecule has 0 aliphatic heterocycles. The Morgan fingerprint density at radius 1 is 1.31 bits per heavy atom. The summed E-state index contributed by atoms with van der Waals surface area (Å²) < 4.78 is 1.10. The predicted molar refractivity (Wildman–Crippen MR) is 69.3 cm³/mol. The second-order valence-corrected chi connectivity index (χ2v) is 5.85. The molecule has 1 aliphatic rings. The molecule has 16 heavy (non-hydrogen) atoms. The van der Waals surface area contributed by atoms with Crippen molar-refractivity contribution in [2.45, 2.75) is 18.9 Å². The summed E-state index contributed by atoms with van der Waals surface area (Å²) >= 11 is 3.45. The molecule has 0 radical (unpaired) electrons. The second-order valence-electron chi connectivity index (χ2n) is 4.94. The third-order valence-corrected chi connectivity index (χ3v) is 4.02. The monoisotopic (exact) mass is 283 g/mol. The summed E-state index contributed by atoms with van der Waals surface area (Å²) in [6.07, 6.45) is 2.25. The molecule has 2 rings (SSSR count). The van der Waals surface area contributed by atoms with E-state index in [9.17, 15) is 5.11 Å². The lowest BCUT2D eigenvalue weighted by molar-refractivity contribution is 0.115. The summed E-state index contributed by atoms with van der Waals surface area (Å²) in [7, 11) is 4.17. The van der Waals surface area contributed by atoms with Crippen LogP contribution in [0.15, 0.2) is 28.7 Å². The van der Waals surface area contributed by atoms with E-state index in [2.05, 4.69) is 59.2 Å². The van der Waals surface area contributed by atoms with Crippen LogP contribution in [0.4, 0.5) is 0 Å². The fraction of sp³-hybridized carbons (Fsp3) is 0.538. The molecule has 1 unspecified atom stereocenters. The van der Waals surface area contributed by atoms with Crippen LogP contribution >= 0.6 is 15.9 Å². The molecule has 88 valence electrons. The minimum atomic E-state index is 0.0946. The van der Waals surface area contributed by atoms with Gasteiger partial charge in [0, 0.05) is 15.9 Å². The SMILES string of the molecule is CN(C)C(c1ccc(Br)cc1)C1(CO)CC1. The first-order valence-electron chi connectivity index (χ1n) is 5.62. The molecule has 1 atom stereocenters. The summed E-state index contributed by atoms with van der Waals surface area (Å²) in [5, 5.41) is 9.56. The van der Waals surface area contributed by atoms with Crippen molar-refractivity contribution in [2.24, 2.45) is 5.41 Å². The van der Waals surface area contributed by atoms with Crippen LogP contribution in [0.3, 0.4) is 0 Å². The Labute approximate surface area is 105 Å². The standard InChI is InChI=1S/C13H18BrNO/c1-15(2)12(13(9-16)7-8-13)10-3-5-11(14)6-4-10/h3-6,12,16H,7-9H2,1-2H3. The van der Waals surface area contributed by atoms with Crippen molar-refractivity contribution in [3.05, 3.63) is 34.3 Å². The Morgan fingerprint density at radius 3 is 2.25 bits per heavy atom. The Hall–Kier alpha value is -0.380. The van der Waals surface area contributed by atoms with Crippen LogP contribution in [0.5, 0.6) is 0 Å². The van der Waals surface area contributed by atoms with Gasteiger partial charge in [0.2, 0.25) is 0 Å². The zero-order valence-corrected chi connectivity index (χ0v) is 11.4. The minimum Gasteiger partial charge on any atom is -0.396 e. The maximum absolute atomic E-state index is 9.56. The fourth-order valence-corrected chi connectivity index (χ4v) is 2.79. The third-order valence-electron chi connectivity index (χ3n) is 3.49. The Kier molecular flexibility index (Phi) is 3.38. The summed E-state index contributed by atoms with van der Waals surface area (Å²) in [6.45, 7) is 0.284. The van der Waals surface area contributed by atoms with Crippen molar-refractivity contribution in [2.75, 3.05) is 20.7 Å². The highest BCUT2D eigenvalue weighted by molar-refractivity contribution is 9.10. The first-order valence-corrected chi connectivity index (χ1v) is 6.41. The molecule has 2 nitrogen and oxygen atoms in total. The number of aliphatic hydroxyl groups is 1. The van der Waals surface area contributed by atoms with Gasteiger partial charge >= 0.3 is 0 Å². The zero-order valence-electron chi connectivity index (χ0n) is 9.78. The van der Waals surface area contributed by atoms with Gasteiger partial charge < -0.3 is 10.0 Å². The number of hydrogen-bond acceptors (Lipinski definition) is 2. The minimum absolute atomic E-state index is 0.0946. The molecular weight excluding hydrogens is 266 g/mol. The van der Waals surface area contributed by atoms with Gasteiger partial charge in [-0.15, -0.1) is 0 Å². The van der Waals surface area contributed by atoms with Gasteiger partial charge in [0.1, 0.15) is 0 Å². The average Bonchev–Trinajstić information content (AvgIpc) is 3.02. The number of aliphatic hydroxyl groups excluding tert-OH is 1. The fourth-order valence-electron chi connectivity index (χ4n) is 2.52. The summed E-state index contributed by atoms with van der Waals surface area (Å²) in [5.41, 5.74) is 1.39. The van der Waals surface area contributed by atoms with Crippen molar-refractivity contribution in [1.29, 1.82) is 0 Å². The Bertz CT molecular complexity index is 357. The molecular formula is C13H18BrNO. The van der Waals surface area contributed by atoms with Gasteiger partial charge in [-0.2, -0.15) is 0 Å². The molecule has 1 aromatic carbocycles. The highest BCUT2D eigenvalue weighted by atomic mass is 79.9. The van der Waals surface area contributed by atoms with E-state index >= 15 is 0 Å². The molecule has 1 N–H and O–H groups in total. The van der Waals surface area contributed by atoms with Crippen LogP contribution in [0.2, 0.25) is 0 Å². The van der Waals surface area contributed by atoms with E-state index in [1.54, 1.807) is 0 Å². The maximum atomic E-state index is 9.56. The van der Waals surface area contributed by atoms with Gasteiger partial charge in [-0.05, 0) is 44.6 Å². The molecule has 0 spiro atoms. The highest BCUT2D eigenvalue weighted by Crippen LogP contribution is 2.56. The summed E-state index contributed by atoms with van der Waals surface area (Å²) in [5.74, 6) is 0. The molecule has 1 saturated carbocycles. The molecule has 0 saturated heterocycles. The lowest BCUT2D eigenvalue weighted by atomic mass is 9.90. The molecule has 0 heterocycles. The predicted octanol–water partition coefficient (Wildman–Crippen LogP) is 2.82. The number of benzene rings is 1. The van der Waals surface area contributed by atoms with Crippen molar-refractivity contribution >= 4 is 15.9 Å². The highest BCUT2D eigenvalue weighted by Gasteiger charge is 2.50. The average molecular weight is 284 g/mol. The number of halogens is 1. The van der Waals surface area contributed by atoms with Crippen LogP contribution in [-0.4, -0.2) is 30.7 Å². The molecule has 1 fully saturated rings. The molecule has 1 aliphatic carbocycles. The Morgan fingerprint density at radius 2 is 1.88 bits per heavy atom. The van der Waals surface area contributed by atoms with Gasteiger partial charge in [0.15, 0.2) is 0 Å². The van der Waals surface area contributed by atoms with Crippen LogP contribution in [0.25, 0.3) is 0 Å². The van der Waals surface area contributed by atoms with Crippen LogP contribution in [0.1, 0.15) is 24.4 Å². The van der Waals surface area contributed by atoms with Gasteiger partial charge in [-0.1, -0.05) is 28.1 Å². The molecule has 0 aromatic heterocycles. The second kappa shape index (κ2) is 4.47. The van der Waals surface area contributed by atoms with E-state index in [0.29, 0.717) is 6.04 Å². The molecule has 3 heteroatoms. The van der Waals surface area contributed by atoms with Gasteiger partial charge in [0.25, 0.3) is 0 Å². The number of nitrogens with zero attached hydrogens (tertiary/aromatic N) is 1. The van der Waals surface area contributed by atoms with Crippen LogP contribution < -0.4 is 0 Å². The summed E-state index contributed by atoms with van der Waals surface area (Å²) in [4.78, 5) is 2.21. The maximum Gasteiger partial charge on any atom is 0.0505 e. The van der Waals surface area contributed by atoms with Crippen molar-refractivity contribution in [3.8, 4) is 0 Å². The molecule has 0 bridgehead atoms. The van der Waals surface area contributed by atoms with E-state index in [4.69, 9.17) is 0 Å². The first kappa shape index (κ1) is 12.1. The molecule has 0 amide bonds. The lowest BCUT2D eigenvalue weighted by Gasteiger charge is -2.32. The molecule has 1 aromatic rings. The van der Waals surface area contributed by atoms with E-state index < -0.39 is 0 Å². The van der Waals surface area contributed by atoms with Crippen molar-refractivity contribution in [1.82, 2.24) is 4.90 Å². The number of hydrogen-bond donors (Lipinski definition) is 1. The Balaban J connectivity index is 2.30. The van der Waals surface area contributed by atoms with Gasteiger partial charge in [-0.3, -0.25) is 0 Å². The van der Waals surface area contributed by atoms with Gasteiger partial charge in [-0.25, -0.2) is 0 Å². The third kappa shape index (κ3) is 2.17.